The van der Waals surface area contributed by atoms with Gasteiger partial charge in [-0.05, 0) is 41.2 Å². The second-order valence-corrected chi connectivity index (χ2v) is 13.4. The van der Waals surface area contributed by atoms with Gasteiger partial charge in [0, 0.05) is 26.1 Å². The number of aliphatic hydroxyl groups excluding tert-OH is 1. The summed E-state index contributed by atoms with van der Waals surface area (Å²) in [6.07, 6.45) is -0.654. The molecule has 1 fully saturated rings. The summed E-state index contributed by atoms with van der Waals surface area (Å²) in [6.45, 7) is 9.60. The number of thiazole rings is 1. The maximum absolute atomic E-state index is 13.9. The number of carbonyl (C=O) groups is 3. The van der Waals surface area contributed by atoms with Crippen LogP contribution < -0.4 is 21.1 Å². The van der Waals surface area contributed by atoms with Crippen LogP contribution >= 0.6 is 11.3 Å². The fourth-order valence-electron chi connectivity index (χ4n) is 5.29. The van der Waals surface area contributed by atoms with Crippen LogP contribution in [0.4, 0.5) is 0 Å². The van der Waals surface area contributed by atoms with Crippen LogP contribution in [0.3, 0.4) is 0 Å². The van der Waals surface area contributed by atoms with Crippen molar-refractivity contribution in [2.45, 2.75) is 65.3 Å². The highest BCUT2D eigenvalue weighted by atomic mass is 32.1. The minimum absolute atomic E-state index is 0.0149. The molecule has 0 bridgehead atoms. The number of likely N-dealkylation sites (tertiary alicyclic amines) is 1. The lowest BCUT2D eigenvalue weighted by atomic mass is 9.85. The van der Waals surface area contributed by atoms with E-state index < -0.39 is 29.5 Å². The highest BCUT2D eigenvalue weighted by Crippen LogP contribution is 2.28. The van der Waals surface area contributed by atoms with Crippen molar-refractivity contribution in [2.75, 3.05) is 32.9 Å². The lowest BCUT2D eigenvalue weighted by Gasteiger charge is -2.35. The van der Waals surface area contributed by atoms with Gasteiger partial charge in [-0.1, -0.05) is 57.2 Å². The van der Waals surface area contributed by atoms with E-state index in [4.69, 9.17) is 15.2 Å². The van der Waals surface area contributed by atoms with Crippen molar-refractivity contribution >= 4 is 29.1 Å². The summed E-state index contributed by atoms with van der Waals surface area (Å²) in [5.74, 6) is -0.417. The maximum Gasteiger partial charge on any atom is 0.246 e. The van der Waals surface area contributed by atoms with Crippen LogP contribution in [0, 0.1) is 12.3 Å². The Hall–Kier alpha value is -3.84. The minimum Gasteiger partial charge on any atom is -0.491 e. The average Bonchev–Trinajstić information content (AvgIpc) is 3.64. The number of aryl methyl sites for hydroxylation is 1. The Kier molecular flexibility index (Phi) is 12.3. The Labute approximate surface area is 274 Å². The normalized spacial score (nSPS) is 17.0. The van der Waals surface area contributed by atoms with Crippen molar-refractivity contribution in [1.82, 2.24) is 20.5 Å². The van der Waals surface area contributed by atoms with E-state index in [2.05, 4.69) is 15.6 Å². The number of hydrogen-bond donors (Lipinski definition) is 4. The van der Waals surface area contributed by atoms with Crippen molar-refractivity contribution in [3.05, 3.63) is 70.9 Å². The van der Waals surface area contributed by atoms with E-state index in [0.29, 0.717) is 32.1 Å². The number of carbonyl (C=O) groups excluding carboxylic acids is 3. The molecule has 2 heterocycles. The van der Waals surface area contributed by atoms with Gasteiger partial charge in [0.05, 0.1) is 41.8 Å². The number of hydrogen-bond acceptors (Lipinski definition) is 9. The summed E-state index contributed by atoms with van der Waals surface area (Å²) in [5, 5.41) is 16.3. The van der Waals surface area contributed by atoms with Crippen molar-refractivity contribution in [3.63, 3.8) is 0 Å². The number of β-amino-alcohol motifs (C(OH)–C–C–N with tert-alkyl or cyclic N) is 1. The van der Waals surface area contributed by atoms with Gasteiger partial charge in [0.15, 0.2) is 0 Å². The van der Waals surface area contributed by atoms with Crippen LogP contribution in [-0.2, 0) is 32.1 Å². The number of benzene rings is 2. The van der Waals surface area contributed by atoms with Crippen LogP contribution in [0.2, 0.25) is 0 Å². The molecule has 0 saturated carbocycles. The molecule has 3 amide bonds. The fourth-order valence-corrected chi connectivity index (χ4v) is 6.10. The van der Waals surface area contributed by atoms with Gasteiger partial charge in [-0.3, -0.25) is 14.4 Å². The molecule has 3 atom stereocenters. The number of aliphatic hydroxyl groups is 1. The minimum atomic E-state index is -0.903. The van der Waals surface area contributed by atoms with Gasteiger partial charge >= 0.3 is 0 Å². The SMILES string of the molecule is Cc1ncsc1-c1ccc(CNC(=O)[C@@H]2C[C@@H](O)CN2C(=O)C(NC(=O)Cc2ccc(OCCOCCN)cc2)C(C)(C)C)cc1. The zero-order valence-electron chi connectivity index (χ0n) is 27.0. The molecular weight excluding hydrogens is 606 g/mol. The molecule has 1 saturated heterocycles. The Bertz CT molecular complexity index is 1450. The first-order valence-electron chi connectivity index (χ1n) is 15.5. The lowest BCUT2D eigenvalue weighted by Crippen LogP contribution is -2.58. The largest absolute Gasteiger partial charge is 0.491 e. The standard InChI is InChI=1S/C34H45N5O6S/c1-22-30(46-21-37-22)25-9-5-24(6-10-25)19-36-32(42)28-18-26(40)20-39(28)33(43)31(34(2,3)4)38-29(41)17-23-7-11-27(12-8-23)45-16-15-44-14-13-35/h5-12,21,26,28,31,40H,13-20,35H2,1-4H3,(H,36,42)(H,38,41)/t26-,28+,31?/m1/s1. The second-order valence-electron chi connectivity index (χ2n) is 12.5. The predicted octanol–water partition coefficient (Wildman–Crippen LogP) is 2.82. The molecule has 0 radical (unpaired) electrons. The summed E-state index contributed by atoms with van der Waals surface area (Å²) >= 11 is 1.58. The van der Waals surface area contributed by atoms with Crippen molar-refractivity contribution in [2.24, 2.45) is 11.1 Å². The van der Waals surface area contributed by atoms with Crippen LogP contribution in [-0.4, -0.2) is 83.8 Å². The van der Waals surface area contributed by atoms with E-state index in [-0.39, 0.29) is 37.7 Å². The second kappa shape index (κ2) is 16.1. The molecule has 1 unspecified atom stereocenters. The van der Waals surface area contributed by atoms with Crippen molar-refractivity contribution in [1.29, 1.82) is 0 Å². The fraction of sp³-hybridized carbons (Fsp3) is 0.471. The van der Waals surface area contributed by atoms with E-state index >= 15 is 0 Å². The molecule has 4 rings (SSSR count). The molecule has 3 aromatic rings. The Morgan fingerprint density at radius 3 is 2.39 bits per heavy atom. The zero-order valence-corrected chi connectivity index (χ0v) is 27.8. The molecule has 1 aromatic heterocycles. The van der Waals surface area contributed by atoms with Crippen LogP contribution in [0.1, 0.15) is 44.0 Å². The number of ether oxygens (including phenoxy) is 2. The third-order valence-electron chi connectivity index (χ3n) is 7.76. The van der Waals surface area contributed by atoms with Crippen molar-refractivity contribution < 1.29 is 29.0 Å². The van der Waals surface area contributed by atoms with Gasteiger partial charge in [0.1, 0.15) is 24.4 Å². The average molecular weight is 652 g/mol. The number of amides is 3. The van der Waals surface area contributed by atoms with Gasteiger partial charge in [-0.2, -0.15) is 0 Å². The van der Waals surface area contributed by atoms with Crippen LogP contribution in [0.15, 0.2) is 54.0 Å². The molecule has 248 valence electrons. The van der Waals surface area contributed by atoms with Crippen LogP contribution in [0.5, 0.6) is 5.75 Å². The summed E-state index contributed by atoms with van der Waals surface area (Å²) < 4.78 is 10.9. The Morgan fingerprint density at radius 2 is 1.76 bits per heavy atom. The Morgan fingerprint density at radius 1 is 1.07 bits per heavy atom. The van der Waals surface area contributed by atoms with Gasteiger partial charge in [0.25, 0.3) is 0 Å². The highest BCUT2D eigenvalue weighted by Gasteiger charge is 2.44. The molecule has 0 aliphatic carbocycles. The van der Waals surface area contributed by atoms with Gasteiger partial charge in [0.2, 0.25) is 17.7 Å². The summed E-state index contributed by atoms with van der Waals surface area (Å²) in [5.41, 5.74) is 10.3. The monoisotopic (exact) mass is 651 g/mol. The highest BCUT2D eigenvalue weighted by molar-refractivity contribution is 7.13. The zero-order chi connectivity index (χ0) is 33.3. The van der Waals surface area contributed by atoms with E-state index in [9.17, 15) is 19.5 Å². The van der Waals surface area contributed by atoms with E-state index in [1.165, 1.54) is 4.90 Å². The van der Waals surface area contributed by atoms with Crippen LogP contribution in [0.25, 0.3) is 10.4 Å². The molecule has 0 spiro atoms. The topological polar surface area (TPSA) is 156 Å². The number of nitrogens with zero attached hydrogens (tertiary/aromatic N) is 2. The predicted molar refractivity (Wildman–Crippen MR) is 177 cm³/mol. The van der Waals surface area contributed by atoms with Crippen molar-refractivity contribution in [3.8, 4) is 16.2 Å². The molecule has 1 aliphatic rings. The molecule has 46 heavy (non-hydrogen) atoms. The quantitative estimate of drug-likeness (QED) is 0.194. The molecule has 11 nitrogen and oxygen atoms in total. The smallest absolute Gasteiger partial charge is 0.246 e. The number of nitrogens with one attached hydrogen (secondary N) is 2. The third kappa shape index (κ3) is 9.58. The lowest BCUT2D eigenvalue weighted by molar-refractivity contribution is -0.144. The van der Waals surface area contributed by atoms with Gasteiger partial charge < -0.3 is 35.8 Å². The van der Waals surface area contributed by atoms with E-state index in [1.54, 1.807) is 35.6 Å². The molecule has 1 aliphatic heterocycles. The summed E-state index contributed by atoms with van der Waals surface area (Å²) in [7, 11) is 0. The summed E-state index contributed by atoms with van der Waals surface area (Å²) in [6, 6.07) is 13.3. The number of nitrogens with two attached hydrogens (primary N) is 1. The van der Waals surface area contributed by atoms with Gasteiger partial charge in [-0.25, -0.2) is 4.98 Å². The third-order valence-corrected chi connectivity index (χ3v) is 8.74. The summed E-state index contributed by atoms with van der Waals surface area (Å²) in [4.78, 5) is 47.1. The Balaban J connectivity index is 1.34. The number of aromatic nitrogens is 1. The first-order valence-corrected chi connectivity index (χ1v) is 16.4. The number of rotatable bonds is 14. The molecule has 12 heteroatoms. The van der Waals surface area contributed by atoms with E-state index in [0.717, 1.165) is 27.3 Å². The maximum atomic E-state index is 13.9. The first-order chi connectivity index (χ1) is 22.0. The molecule has 5 N–H and O–H groups in total. The first kappa shape index (κ1) is 35.0. The molecular formula is C34H45N5O6S. The van der Waals surface area contributed by atoms with Gasteiger partial charge in [-0.15, -0.1) is 11.3 Å². The van der Waals surface area contributed by atoms with E-state index in [1.807, 2.05) is 57.5 Å². The molecule has 2 aromatic carbocycles.